The molecule has 8 heteroatoms. The standard InChI is InChI=1S/C28H23N3O4S/c1-3-28(34)20-12-22-25-18(14-31(22)26(32)19(20)15-35-27(28)33)11-16-7-6-8-17(24(16)30-25)13-29-21-9-4-5-10-23(21)36-2/h4-13,34H,3,14-15H2,1-2H3/t28-/m0/s1. The van der Waals surface area contributed by atoms with E-state index in [2.05, 4.69) is 0 Å². The predicted octanol–water partition coefficient (Wildman–Crippen LogP) is 4.55. The van der Waals surface area contributed by atoms with Crippen LogP contribution in [0.4, 0.5) is 5.69 Å². The molecule has 6 rings (SSSR count). The van der Waals surface area contributed by atoms with Crippen molar-refractivity contribution in [3.63, 3.8) is 0 Å². The minimum Gasteiger partial charge on any atom is -0.458 e. The van der Waals surface area contributed by atoms with Gasteiger partial charge in [0.25, 0.3) is 5.56 Å². The van der Waals surface area contributed by atoms with Crippen molar-refractivity contribution in [3.8, 4) is 11.4 Å². The number of benzene rings is 2. The van der Waals surface area contributed by atoms with Crippen molar-refractivity contribution >= 4 is 40.5 Å². The van der Waals surface area contributed by atoms with Crippen molar-refractivity contribution in [2.75, 3.05) is 6.26 Å². The summed E-state index contributed by atoms with van der Waals surface area (Å²) in [5.74, 6) is -0.726. The number of aliphatic imine (C=N–C) groups is 1. The molecule has 0 saturated carbocycles. The van der Waals surface area contributed by atoms with Gasteiger partial charge in [0.1, 0.15) is 6.61 Å². The van der Waals surface area contributed by atoms with Gasteiger partial charge in [0, 0.05) is 33.2 Å². The third kappa shape index (κ3) is 3.32. The van der Waals surface area contributed by atoms with Gasteiger partial charge < -0.3 is 14.4 Å². The molecule has 1 N–H and O–H groups in total. The van der Waals surface area contributed by atoms with Crippen LogP contribution in [-0.2, 0) is 28.3 Å². The average molecular weight is 498 g/mol. The smallest absolute Gasteiger partial charge is 0.343 e. The second kappa shape index (κ2) is 8.43. The van der Waals surface area contributed by atoms with Gasteiger partial charge in [-0.25, -0.2) is 9.78 Å². The zero-order valence-electron chi connectivity index (χ0n) is 19.8. The number of thioether (sulfide) groups is 1. The number of esters is 1. The van der Waals surface area contributed by atoms with E-state index in [9.17, 15) is 14.7 Å². The predicted molar refractivity (Wildman–Crippen MR) is 140 cm³/mol. The minimum absolute atomic E-state index is 0.109. The molecule has 0 saturated heterocycles. The summed E-state index contributed by atoms with van der Waals surface area (Å²) in [6.45, 7) is 1.93. The third-order valence-electron chi connectivity index (χ3n) is 7.00. The van der Waals surface area contributed by atoms with Crippen LogP contribution in [0.1, 0.15) is 35.6 Å². The second-order valence-corrected chi connectivity index (χ2v) is 9.80. The highest BCUT2D eigenvalue weighted by molar-refractivity contribution is 7.98. The van der Waals surface area contributed by atoms with Gasteiger partial charge in [-0.15, -0.1) is 11.8 Å². The van der Waals surface area contributed by atoms with Crippen molar-refractivity contribution in [2.45, 2.75) is 37.0 Å². The number of carbonyl (C=O) groups is 1. The first-order valence-electron chi connectivity index (χ1n) is 11.7. The molecule has 36 heavy (non-hydrogen) atoms. The van der Waals surface area contributed by atoms with Gasteiger partial charge in [0.15, 0.2) is 5.60 Å². The summed E-state index contributed by atoms with van der Waals surface area (Å²) >= 11 is 1.64. The molecule has 2 aromatic heterocycles. The molecule has 0 amide bonds. The summed E-state index contributed by atoms with van der Waals surface area (Å²) in [6.07, 6.45) is 3.95. The maximum atomic E-state index is 13.4. The fourth-order valence-corrected chi connectivity index (χ4v) is 5.55. The van der Waals surface area contributed by atoms with Crippen LogP contribution in [0.2, 0.25) is 0 Å². The van der Waals surface area contributed by atoms with Crippen LogP contribution in [0.15, 0.2) is 69.3 Å². The maximum absolute atomic E-state index is 13.4. The lowest BCUT2D eigenvalue weighted by Gasteiger charge is -2.31. The van der Waals surface area contributed by atoms with Crippen LogP contribution >= 0.6 is 11.8 Å². The highest BCUT2D eigenvalue weighted by Gasteiger charge is 2.45. The van der Waals surface area contributed by atoms with Crippen LogP contribution in [0.3, 0.4) is 0 Å². The number of nitrogens with zero attached hydrogens (tertiary/aromatic N) is 3. The lowest BCUT2D eigenvalue weighted by molar-refractivity contribution is -0.172. The van der Waals surface area contributed by atoms with Crippen LogP contribution < -0.4 is 5.56 Å². The Hall–Kier alpha value is -3.75. The average Bonchev–Trinajstić information content (AvgIpc) is 3.26. The van der Waals surface area contributed by atoms with Gasteiger partial charge in [-0.2, -0.15) is 0 Å². The van der Waals surface area contributed by atoms with Crippen LogP contribution in [0.25, 0.3) is 22.3 Å². The summed E-state index contributed by atoms with van der Waals surface area (Å²) in [4.78, 5) is 36.6. The molecule has 0 aliphatic carbocycles. The van der Waals surface area contributed by atoms with Gasteiger partial charge in [-0.1, -0.05) is 37.3 Å². The van der Waals surface area contributed by atoms with Crippen molar-refractivity contribution in [1.82, 2.24) is 9.55 Å². The quantitative estimate of drug-likeness (QED) is 0.222. The number of para-hydroxylation sites is 2. The molecule has 2 aliphatic heterocycles. The van der Waals surface area contributed by atoms with Crippen molar-refractivity contribution in [1.29, 1.82) is 0 Å². The first kappa shape index (κ1) is 22.7. The zero-order chi connectivity index (χ0) is 25.0. The molecule has 4 aromatic rings. The van der Waals surface area contributed by atoms with E-state index in [0.717, 1.165) is 32.6 Å². The van der Waals surface area contributed by atoms with Gasteiger partial charge >= 0.3 is 5.97 Å². The lowest BCUT2D eigenvalue weighted by Crippen LogP contribution is -2.44. The highest BCUT2D eigenvalue weighted by Crippen LogP contribution is 2.39. The maximum Gasteiger partial charge on any atom is 0.343 e. The number of rotatable bonds is 4. The van der Waals surface area contributed by atoms with Gasteiger partial charge in [-0.3, -0.25) is 9.79 Å². The molecule has 0 bridgehead atoms. The number of ether oxygens (including phenoxy) is 1. The fraction of sp³-hybridized carbons (Fsp3) is 0.214. The van der Waals surface area contributed by atoms with Crippen LogP contribution in [-0.4, -0.2) is 33.1 Å². The van der Waals surface area contributed by atoms with E-state index in [1.807, 2.05) is 61.0 Å². The number of hydrogen-bond donors (Lipinski definition) is 1. The largest absolute Gasteiger partial charge is 0.458 e. The number of pyridine rings is 2. The number of hydrogen-bond acceptors (Lipinski definition) is 7. The normalized spacial score (nSPS) is 18.2. The number of carbonyl (C=O) groups excluding carboxylic acids is 1. The fourth-order valence-electron chi connectivity index (χ4n) is 5.01. The summed E-state index contributed by atoms with van der Waals surface area (Å²) < 4.78 is 6.80. The number of fused-ring (bicyclic) bond motifs is 5. The van der Waals surface area contributed by atoms with E-state index in [1.165, 1.54) is 0 Å². The lowest BCUT2D eigenvalue weighted by atomic mass is 9.86. The van der Waals surface area contributed by atoms with Crippen molar-refractivity contribution < 1.29 is 14.6 Å². The topological polar surface area (TPSA) is 93.8 Å². The molecule has 7 nitrogen and oxygen atoms in total. The van der Waals surface area contributed by atoms with E-state index in [0.29, 0.717) is 29.1 Å². The second-order valence-electron chi connectivity index (χ2n) is 8.95. The van der Waals surface area contributed by atoms with Crippen LogP contribution in [0.5, 0.6) is 0 Å². The highest BCUT2D eigenvalue weighted by atomic mass is 32.2. The Morgan fingerprint density at radius 3 is 2.83 bits per heavy atom. The summed E-state index contributed by atoms with van der Waals surface area (Å²) in [5, 5.41) is 12.0. The molecule has 180 valence electrons. The van der Waals surface area contributed by atoms with Crippen molar-refractivity contribution in [3.05, 3.63) is 87.2 Å². The van der Waals surface area contributed by atoms with Crippen LogP contribution in [0, 0.1) is 0 Å². The molecule has 2 aromatic carbocycles. The Kier molecular flexibility index (Phi) is 5.31. The molecule has 4 heterocycles. The number of aliphatic hydroxyl groups is 1. The summed E-state index contributed by atoms with van der Waals surface area (Å²) in [7, 11) is 0. The molecular weight excluding hydrogens is 474 g/mol. The van der Waals surface area contributed by atoms with Crippen molar-refractivity contribution in [2.24, 2.45) is 4.99 Å². The van der Waals surface area contributed by atoms with E-state index in [1.54, 1.807) is 29.3 Å². The molecule has 2 aliphatic rings. The van der Waals surface area contributed by atoms with Gasteiger partial charge in [0.05, 0.1) is 34.7 Å². The van der Waals surface area contributed by atoms with Gasteiger partial charge in [-0.05, 0) is 36.9 Å². The molecule has 0 unspecified atom stereocenters. The molecule has 1 atom stereocenters. The van der Waals surface area contributed by atoms with Gasteiger partial charge in [0.2, 0.25) is 0 Å². The molecule has 0 spiro atoms. The number of cyclic esters (lactones) is 1. The molecular formula is C28H23N3O4S. The monoisotopic (exact) mass is 497 g/mol. The summed E-state index contributed by atoms with van der Waals surface area (Å²) in [5.41, 5.74) is 3.22. The third-order valence-corrected chi connectivity index (χ3v) is 7.78. The zero-order valence-corrected chi connectivity index (χ0v) is 20.6. The Morgan fingerprint density at radius 1 is 1.19 bits per heavy atom. The van der Waals surface area contributed by atoms with E-state index >= 15 is 0 Å². The van der Waals surface area contributed by atoms with E-state index in [-0.39, 0.29) is 18.6 Å². The SMILES string of the molecule is CC[C@@]1(O)C(=O)OCc2c1cc1n(c2=O)Cc2cc3cccc(C=Nc4ccccc4SC)c3nc2-1. The number of aromatic nitrogens is 2. The minimum atomic E-state index is -1.84. The summed E-state index contributed by atoms with van der Waals surface area (Å²) in [6, 6.07) is 17.7. The first-order chi connectivity index (χ1) is 17.4. The Balaban J connectivity index is 1.51. The Bertz CT molecular complexity index is 1660. The first-order valence-corrected chi connectivity index (χ1v) is 12.9. The Labute approximate surface area is 211 Å². The Morgan fingerprint density at radius 2 is 2.03 bits per heavy atom. The van der Waals surface area contributed by atoms with E-state index < -0.39 is 11.6 Å². The molecule has 0 radical (unpaired) electrons. The molecule has 0 fully saturated rings. The van der Waals surface area contributed by atoms with E-state index in [4.69, 9.17) is 14.7 Å².